The minimum absolute atomic E-state index is 0.155. The van der Waals surface area contributed by atoms with Crippen molar-refractivity contribution in [3.8, 4) is 5.75 Å². The van der Waals surface area contributed by atoms with Gasteiger partial charge in [-0.25, -0.2) is 4.79 Å². The number of carbonyl (C=O) groups excluding carboxylic acids is 1. The third-order valence-electron chi connectivity index (χ3n) is 2.45. The maximum atomic E-state index is 11.4. The largest absolute Gasteiger partial charge is 0.496 e. The number of benzene rings is 1. The fourth-order valence-electron chi connectivity index (χ4n) is 1.54. The van der Waals surface area contributed by atoms with E-state index in [0.717, 1.165) is 11.3 Å². The topological polar surface area (TPSA) is 74.5 Å². The van der Waals surface area contributed by atoms with Crippen molar-refractivity contribution in [2.75, 3.05) is 13.7 Å². The Kier molecular flexibility index (Phi) is 5.46. The van der Waals surface area contributed by atoms with Gasteiger partial charge < -0.3 is 13.9 Å². The van der Waals surface area contributed by atoms with Crippen molar-refractivity contribution < 1.29 is 18.7 Å². The standard InChI is InChI=1S/C13H13ClN2O4S/c1-3-19-12(17)11-15-16-13(20-11)21-7-8-6-9(14)4-5-10(8)18-2/h4-6H,3,7H2,1-2H3. The Bertz CT molecular complexity index is 632. The van der Waals surface area contributed by atoms with E-state index in [1.807, 2.05) is 0 Å². The number of ether oxygens (including phenoxy) is 2. The van der Waals surface area contributed by atoms with E-state index in [1.54, 1.807) is 32.2 Å². The van der Waals surface area contributed by atoms with E-state index in [9.17, 15) is 4.79 Å². The molecule has 0 fully saturated rings. The van der Waals surface area contributed by atoms with Crippen molar-refractivity contribution in [3.63, 3.8) is 0 Å². The highest BCUT2D eigenvalue weighted by Gasteiger charge is 2.16. The molecule has 1 aromatic carbocycles. The highest BCUT2D eigenvalue weighted by Crippen LogP contribution is 2.29. The first kappa shape index (κ1) is 15.7. The molecule has 0 unspecified atom stereocenters. The second-order valence-corrected chi connectivity index (χ2v) is 5.20. The second kappa shape index (κ2) is 7.33. The molecule has 0 radical (unpaired) electrons. The van der Waals surface area contributed by atoms with E-state index < -0.39 is 5.97 Å². The van der Waals surface area contributed by atoms with Crippen LogP contribution in [-0.2, 0) is 10.5 Å². The number of rotatable bonds is 6. The molecule has 0 spiro atoms. The van der Waals surface area contributed by atoms with Gasteiger partial charge in [0.15, 0.2) is 0 Å². The molecule has 6 nitrogen and oxygen atoms in total. The smallest absolute Gasteiger partial charge is 0.396 e. The average Bonchev–Trinajstić information content (AvgIpc) is 2.94. The molecule has 8 heteroatoms. The fourth-order valence-corrected chi connectivity index (χ4v) is 2.48. The lowest BCUT2D eigenvalue weighted by molar-refractivity contribution is 0.0475. The number of nitrogens with zero attached hydrogens (tertiary/aromatic N) is 2. The number of thioether (sulfide) groups is 1. The normalized spacial score (nSPS) is 10.4. The Morgan fingerprint density at radius 3 is 2.95 bits per heavy atom. The van der Waals surface area contributed by atoms with Gasteiger partial charge in [-0.2, -0.15) is 0 Å². The number of halogens is 1. The molecular formula is C13H13ClN2O4S. The van der Waals surface area contributed by atoms with E-state index >= 15 is 0 Å². The van der Waals surface area contributed by atoms with Crippen LogP contribution in [0.4, 0.5) is 0 Å². The minimum atomic E-state index is -0.628. The van der Waals surface area contributed by atoms with Crippen LogP contribution in [-0.4, -0.2) is 29.9 Å². The lowest BCUT2D eigenvalue weighted by Crippen LogP contribution is -2.04. The molecule has 0 saturated heterocycles. The van der Waals surface area contributed by atoms with Crippen LogP contribution < -0.4 is 4.74 Å². The molecule has 0 saturated carbocycles. The quantitative estimate of drug-likeness (QED) is 0.595. The van der Waals surface area contributed by atoms with Crippen LogP contribution in [0, 0.1) is 0 Å². The highest BCUT2D eigenvalue weighted by atomic mass is 35.5. The summed E-state index contributed by atoms with van der Waals surface area (Å²) in [5, 5.41) is 8.31. The van der Waals surface area contributed by atoms with Gasteiger partial charge in [0.2, 0.25) is 0 Å². The number of esters is 1. The van der Waals surface area contributed by atoms with Gasteiger partial charge in [-0.1, -0.05) is 28.5 Å². The van der Waals surface area contributed by atoms with Gasteiger partial charge in [0.1, 0.15) is 5.75 Å². The van der Waals surface area contributed by atoms with E-state index in [1.165, 1.54) is 11.8 Å². The van der Waals surface area contributed by atoms with Crippen LogP contribution in [0.25, 0.3) is 0 Å². The monoisotopic (exact) mass is 328 g/mol. The van der Waals surface area contributed by atoms with Gasteiger partial charge in [0.25, 0.3) is 5.22 Å². The zero-order chi connectivity index (χ0) is 15.2. The van der Waals surface area contributed by atoms with Crippen LogP contribution in [0.1, 0.15) is 23.2 Å². The molecule has 21 heavy (non-hydrogen) atoms. The molecule has 1 aromatic heterocycles. The predicted octanol–water partition coefficient (Wildman–Crippen LogP) is 3.20. The van der Waals surface area contributed by atoms with Crippen molar-refractivity contribution in [2.45, 2.75) is 17.9 Å². The molecule has 0 atom stereocenters. The van der Waals surface area contributed by atoms with Crippen LogP contribution in [0.15, 0.2) is 27.8 Å². The molecule has 2 rings (SSSR count). The van der Waals surface area contributed by atoms with Crippen molar-refractivity contribution in [3.05, 3.63) is 34.7 Å². The summed E-state index contributed by atoms with van der Waals surface area (Å²) in [6, 6.07) is 5.34. The Morgan fingerprint density at radius 1 is 1.43 bits per heavy atom. The van der Waals surface area contributed by atoms with Gasteiger partial charge in [-0.05, 0) is 25.1 Å². The first-order valence-electron chi connectivity index (χ1n) is 6.10. The summed E-state index contributed by atoms with van der Waals surface area (Å²) in [6.07, 6.45) is 0. The lowest BCUT2D eigenvalue weighted by Gasteiger charge is -2.07. The van der Waals surface area contributed by atoms with Crippen molar-refractivity contribution in [1.82, 2.24) is 10.2 Å². The van der Waals surface area contributed by atoms with E-state index in [0.29, 0.717) is 10.8 Å². The third-order valence-corrected chi connectivity index (χ3v) is 3.55. The van der Waals surface area contributed by atoms with Crippen LogP contribution in [0.3, 0.4) is 0 Å². The summed E-state index contributed by atoms with van der Waals surface area (Å²) in [5.41, 5.74) is 0.894. The second-order valence-electron chi connectivity index (χ2n) is 3.84. The predicted molar refractivity (Wildman–Crippen MR) is 77.8 cm³/mol. The van der Waals surface area contributed by atoms with Crippen molar-refractivity contribution >= 4 is 29.3 Å². The Labute approximate surface area is 130 Å². The molecular weight excluding hydrogens is 316 g/mol. The van der Waals surface area contributed by atoms with Crippen LogP contribution >= 0.6 is 23.4 Å². The van der Waals surface area contributed by atoms with Gasteiger partial charge >= 0.3 is 11.9 Å². The van der Waals surface area contributed by atoms with Gasteiger partial charge in [0, 0.05) is 16.3 Å². The molecule has 112 valence electrons. The highest BCUT2D eigenvalue weighted by molar-refractivity contribution is 7.98. The van der Waals surface area contributed by atoms with E-state index in [-0.39, 0.29) is 17.7 Å². The number of hydrogen-bond donors (Lipinski definition) is 0. The average molecular weight is 329 g/mol. The zero-order valence-corrected chi connectivity index (χ0v) is 13.0. The first-order chi connectivity index (χ1) is 10.1. The molecule has 0 bridgehead atoms. The maximum Gasteiger partial charge on any atom is 0.396 e. The summed E-state index contributed by atoms with van der Waals surface area (Å²) in [5.74, 6) is 0.459. The number of methoxy groups -OCH3 is 1. The molecule has 2 aromatic rings. The molecule has 0 N–H and O–H groups in total. The molecule has 0 aliphatic heterocycles. The molecule has 0 aliphatic rings. The lowest BCUT2D eigenvalue weighted by atomic mass is 10.2. The van der Waals surface area contributed by atoms with Crippen LogP contribution in [0.5, 0.6) is 5.75 Å². The summed E-state index contributed by atoms with van der Waals surface area (Å²) in [6.45, 7) is 1.96. The summed E-state index contributed by atoms with van der Waals surface area (Å²) < 4.78 is 15.2. The van der Waals surface area contributed by atoms with Gasteiger partial charge in [-0.15, -0.1) is 5.10 Å². The Morgan fingerprint density at radius 2 is 2.24 bits per heavy atom. The molecule has 1 heterocycles. The van der Waals surface area contributed by atoms with Crippen LogP contribution in [0.2, 0.25) is 5.02 Å². The summed E-state index contributed by atoms with van der Waals surface area (Å²) in [4.78, 5) is 11.4. The number of carbonyl (C=O) groups is 1. The zero-order valence-electron chi connectivity index (χ0n) is 11.5. The van der Waals surface area contributed by atoms with E-state index in [4.69, 9.17) is 25.5 Å². The number of hydrogen-bond acceptors (Lipinski definition) is 7. The maximum absolute atomic E-state index is 11.4. The van der Waals surface area contributed by atoms with Crippen molar-refractivity contribution in [2.24, 2.45) is 0 Å². The van der Waals surface area contributed by atoms with E-state index in [2.05, 4.69) is 10.2 Å². The fraction of sp³-hybridized carbons (Fsp3) is 0.308. The summed E-state index contributed by atoms with van der Waals surface area (Å²) in [7, 11) is 1.59. The molecule has 0 aliphatic carbocycles. The first-order valence-corrected chi connectivity index (χ1v) is 7.46. The minimum Gasteiger partial charge on any atom is -0.496 e. The Hall–Kier alpha value is -1.73. The SMILES string of the molecule is CCOC(=O)c1nnc(SCc2cc(Cl)ccc2OC)o1. The number of aromatic nitrogens is 2. The third kappa shape index (κ3) is 4.12. The summed E-state index contributed by atoms with van der Waals surface area (Å²) >= 11 is 7.24. The van der Waals surface area contributed by atoms with Gasteiger partial charge in [-0.3, -0.25) is 0 Å². The Balaban J connectivity index is 2.03. The van der Waals surface area contributed by atoms with Crippen molar-refractivity contribution in [1.29, 1.82) is 0 Å². The molecule has 0 amide bonds. The van der Waals surface area contributed by atoms with Gasteiger partial charge in [0.05, 0.1) is 13.7 Å².